The lowest BCUT2D eigenvalue weighted by Gasteiger charge is -2.26. The molecular formula is C13H22N4. The molecule has 1 heterocycles. The molecule has 17 heavy (non-hydrogen) atoms. The number of anilines is 1. The molecule has 0 fully saturated rings. The van der Waals surface area contributed by atoms with Crippen molar-refractivity contribution in [1.29, 1.82) is 0 Å². The number of hydrogen-bond acceptors (Lipinski definition) is 4. The van der Waals surface area contributed by atoms with Gasteiger partial charge in [-0.25, -0.2) is 9.97 Å². The van der Waals surface area contributed by atoms with Crippen LogP contribution in [0.2, 0.25) is 0 Å². The number of nitrogens with two attached hydrogens (primary N) is 1. The Morgan fingerprint density at radius 3 is 2.94 bits per heavy atom. The third-order valence-corrected chi connectivity index (χ3v) is 3.47. The van der Waals surface area contributed by atoms with E-state index in [1.165, 1.54) is 17.7 Å². The minimum absolute atomic E-state index is 0.502. The van der Waals surface area contributed by atoms with Gasteiger partial charge in [-0.3, -0.25) is 0 Å². The smallest absolute Gasteiger partial charge is 0.135 e. The molecule has 1 aromatic rings. The molecule has 0 aliphatic heterocycles. The normalized spacial score (nSPS) is 15.7. The van der Waals surface area contributed by atoms with E-state index in [9.17, 15) is 0 Å². The first-order valence-corrected chi connectivity index (χ1v) is 6.54. The molecule has 0 aromatic carbocycles. The van der Waals surface area contributed by atoms with E-state index in [1.807, 2.05) is 0 Å². The molecular weight excluding hydrogens is 212 g/mol. The summed E-state index contributed by atoms with van der Waals surface area (Å²) < 4.78 is 0. The summed E-state index contributed by atoms with van der Waals surface area (Å²) in [6.45, 7) is 7.05. The van der Waals surface area contributed by atoms with Crippen LogP contribution in [0.3, 0.4) is 0 Å². The lowest BCUT2D eigenvalue weighted by Crippen LogP contribution is -2.32. The van der Waals surface area contributed by atoms with Crippen LogP contribution >= 0.6 is 0 Å². The van der Waals surface area contributed by atoms with Crippen molar-refractivity contribution in [1.82, 2.24) is 9.97 Å². The summed E-state index contributed by atoms with van der Waals surface area (Å²) in [7, 11) is 0. The van der Waals surface area contributed by atoms with E-state index in [1.54, 1.807) is 6.33 Å². The fourth-order valence-electron chi connectivity index (χ4n) is 2.43. The van der Waals surface area contributed by atoms with E-state index in [4.69, 9.17) is 5.73 Å². The first kappa shape index (κ1) is 12.3. The maximum Gasteiger partial charge on any atom is 0.135 e. The van der Waals surface area contributed by atoms with Crippen LogP contribution in [0.25, 0.3) is 0 Å². The Hall–Kier alpha value is -1.16. The van der Waals surface area contributed by atoms with E-state index >= 15 is 0 Å². The number of rotatable bonds is 5. The molecule has 2 N–H and O–H groups in total. The molecule has 2 rings (SSSR count). The summed E-state index contributed by atoms with van der Waals surface area (Å²) in [6.07, 6.45) is 5.15. The van der Waals surface area contributed by atoms with Gasteiger partial charge >= 0.3 is 0 Å². The highest BCUT2D eigenvalue weighted by molar-refractivity contribution is 5.50. The fraction of sp³-hybridized carbons (Fsp3) is 0.692. The van der Waals surface area contributed by atoms with E-state index < -0.39 is 0 Å². The van der Waals surface area contributed by atoms with Crippen molar-refractivity contribution in [2.24, 2.45) is 11.7 Å². The standard InChI is InChI=1S/C13H22N4/c1-3-17(8-10(2)7-14)13-11-5-4-6-12(11)15-9-16-13/h9-10H,3-8,14H2,1-2H3. The molecule has 1 aliphatic rings. The summed E-state index contributed by atoms with van der Waals surface area (Å²) in [5, 5.41) is 0. The minimum atomic E-state index is 0.502. The highest BCUT2D eigenvalue weighted by atomic mass is 15.2. The molecule has 0 spiro atoms. The molecule has 0 saturated carbocycles. The average molecular weight is 234 g/mol. The van der Waals surface area contributed by atoms with Gasteiger partial charge in [0, 0.05) is 24.3 Å². The Kier molecular flexibility index (Phi) is 3.94. The van der Waals surface area contributed by atoms with Crippen molar-refractivity contribution in [3.05, 3.63) is 17.6 Å². The van der Waals surface area contributed by atoms with Gasteiger partial charge in [0.25, 0.3) is 0 Å². The van der Waals surface area contributed by atoms with Gasteiger partial charge in [0.1, 0.15) is 12.1 Å². The third-order valence-electron chi connectivity index (χ3n) is 3.47. The number of nitrogens with zero attached hydrogens (tertiary/aromatic N) is 3. The SMILES string of the molecule is CCN(CC(C)CN)c1ncnc2c1CCC2. The zero-order valence-corrected chi connectivity index (χ0v) is 10.8. The molecule has 0 radical (unpaired) electrons. The molecule has 1 aromatic heterocycles. The summed E-state index contributed by atoms with van der Waals surface area (Å²) in [5.41, 5.74) is 8.31. The first-order valence-electron chi connectivity index (χ1n) is 6.54. The lowest BCUT2D eigenvalue weighted by molar-refractivity contribution is 0.571. The molecule has 1 atom stereocenters. The van der Waals surface area contributed by atoms with Crippen LogP contribution in [-0.4, -0.2) is 29.6 Å². The summed E-state index contributed by atoms with van der Waals surface area (Å²) in [4.78, 5) is 11.2. The van der Waals surface area contributed by atoms with Gasteiger partial charge in [0.15, 0.2) is 0 Å². The maximum atomic E-state index is 5.71. The predicted molar refractivity (Wildman–Crippen MR) is 70.2 cm³/mol. The van der Waals surface area contributed by atoms with Crippen LogP contribution in [0.5, 0.6) is 0 Å². The zero-order valence-electron chi connectivity index (χ0n) is 10.8. The average Bonchev–Trinajstić information content (AvgIpc) is 2.83. The second kappa shape index (κ2) is 5.45. The van der Waals surface area contributed by atoms with Gasteiger partial charge in [0.2, 0.25) is 0 Å². The van der Waals surface area contributed by atoms with E-state index in [0.717, 1.165) is 38.3 Å². The highest BCUT2D eigenvalue weighted by Gasteiger charge is 2.20. The summed E-state index contributed by atoms with van der Waals surface area (Å²) >= 11 is 0. The van der Waals surface area contributed by atoms with Crippen LogP contribution in [0, 0.1) is 5.92 Å². The van der Waals surface area contributed by atoms with Gasteiger partial charge in [-0.2, -0.15) is 0 Å². The van der Waals surface area contributed by atoms with Crippen molar-refractivity contribution in [2.45, 2.75) is 33.1 Å². The van der Waals surface area contributed by atoms with Crippen molar-refractivity contribution in [3.63, 3.8) is 0 Å². The molecule has 0 bridgehead atoms. The van der Waals surface area contributed by atoms with Gasteiger partial charge in [0.05, 0.1) is 0 Å². The molecule has 0 saturated heterocycles. The molecule has 1 aliphatic carbocycles. The second-order valence-corrected chi connectivity index (χ2v) is 4.86. The van der Waals surface area contributed by atoms with Crippen LogP contribution in [0.4, 0.5) is 5.82 Å². The van der Waals surface area contributed by atoms with E-state index in [2.05, 4.69) is 28.7 Å². The summed E-state index contributed by atoms with van der Waals surface area (Å²) in [5.74, 6) is 1.64. The van der Waals surface area contributed by atoms with Gasteiger partial charge in [-0.05, 0) is 38.6 Å². The monoisotopic (exact) mass is 234 g/mol. The van der Waals surface area contributed by atoms with Crippen molar-refractivity contribution < 1.29 is 0 Å². The fourth-order valence-corrected chi connectivity index (χ4v) is 2.43. The van der Waals surface area contributed by atoms with E-state index in [0.29, 0.717) is 5.92 Å². The topological polar surface area (TPSA) is 55.0 Å². The van der Waals surface area contributed by atoms with Crippen molar-refractivity contribution in [2.75, 3.05) is 24.5 Å². The molecule has 1 unspecified atom stereocenters. The first-order chi connectivity index (χ1) is 8.26. The Labute approximate surface area is 103 Å². The van der Waals surface area contributed by atoms with Gasteiger partial charge in [-0.1, -0.05) is 6.92 Å². The highest BCUT2D eigenvalue weighted by Crippen LogP contribution is 2.27. The number of aromatic nitrogens is 2. The Bertz CT molecular complexity index is 378. The predicted octanol–water partition coefficient (Wildman–Crippen LogP) is 1.39. The quantitative estimate of drug-likeness (QED) is 0.836. The van der Waals surface area contributed by atoms with Crippen LogP contribution in [0.15, 0.2) is 6.33 Å². The second-order valence-electron chi connectivity index (χ2n) is 4.86. The van der Waals surface area contributed by atoms with E-state index in [-0.39, 0.29) is 0 Å². The van der Waals surface area contributed by atoms with Crippen LogP contribution < -0.4 is 10.6 Å². The van der Waals surface area contributed by atoms with Crippen molar-refractivity contribution >= 4 is 5.82 Å². The minimum Gasteiger partial charge on any atom is -0.356 e. The molecule has 4 nitrogen and oxygen atoms in total. The van der Waals surface area contributed by atoms with Gasteiger partial charge < -0.3 is 10.6 Å². The molecule has 4 heteroatoms. The lowest BCUT2D eigenvalue weighted by atomic mass is 10.1. The molecule has 94 valence electrons. The largest absolute Gasteiger partial charge is 0.356 e. The molecule has 0 amide bonds. The Morgan fingerprint density at radius 1 is 1.41 bits per heavy atom. The Morgan fingerprint density at radius 2 is 2.24 bits per heavy atom. The Balaban J connectivity index is 2.22. The number of fused-ring (bicyclic) bond motifs is 1. The third kappa shape index (κ3) is 2.57. The van der Waals surface area contributed by atoms with Crippen molar-refractivity contribution in [3.8, 4) is 0 Å². The van der Waals surface area contributed by atoms with Crippen LogP contribution in [-0.2, 0) is 12.8 Å². The van der Waals surface area contributed by atoms with Crippen LogP contribution in [0.1, 0.15) is 31.5 Å². The zero-order chi connectivity index (χ0) is 12.3. The number of hydrogen-bond donors (Lipinski definition) is 1. The van der Waals surface area contributed by atoms with Gasteiger partial charge in [-0.15, -0.1) is 0 Å². The summed E-state index contributed by atoms with van der Waals surface area (Å²) in [6, 6.07) is 0. The maximum absolute atomic E-state index is 5.71. The number of aryl methyl sites for hydroxylation is 1.